The van der Waals surface area contributed by atoms with Gasteiger partial charge in [0.1, 0.15) is 0 Å². The van der Waals surface area contributed by atoms with Gasteiger partial charge in [0, 0.05) is 38.9 Å². The van der Waals surface area contributed by atoms with Crippen LogP contribution in [0.5, 0.6) is 0 Å². The molecular formula is C77H60N2. The van der Waals surface area contributed by atoms with Crippen LogP contribution in [0.25, 0.3) is 77.2 Å². The summed E-state index contributed by atoms with van der Waals surface area (Å²) in [7, 11) is 0. The lowest BCUT2D eigenvalue weighted by atomic mass is 9.66. The van der Waals surface area contributed by atoms with Gasteiger partial charge < -0.3 is 9.80 Å². The van der Waals surface area contributed by atoms with Crippen LogP contribution in [0.3, 0.4) is 0 Å². The number of fused-ring (bicyclic) bond motifs is 10. The number of nitrogens with zero attached hydrogens (tertiary/aromatic N) is 2. The third-order valence-electron chi connectivity index (χ3n) is 18.2. The Morgan fingerprint density at radius 3 is 1.38 bits per heavy atom. The summed E-state index contributed by atoms with van der Waals surface area (Å²) < 4.78 is 0. The normalized spacial score (nSPS) is 14.5. The summed E-state index contributed by atoms with van der Waals surface area (Å²) in [4.78, 5) is 5.08. The first-order valence-corrected chi connectivity index (χ1v) is 28.0. The van der Waals surface area contributed by atoms with Gasteiger partial charge in [-0.15, -0.1) is 0 Å². The Balaban J connectivity index is 0.982. The van der Waals surface area contributed by atoms with Crippen molar-refractivity contribution in [3.8, 4) is 55.6 Å². The van der Waals surface area contributed by atoms with Crippen molar-refractivity contribution in [1.29, 1.82) is 0 Å². The quantitative estimate of drug-likeness (QED) is 0.140. The molecule has 12 aromatic carbocycles. The van der Waals surface area contributed by atoms with Gasteiger partial charge in [-0.2, -0.15) is 0 Å². The Morgan fingerprint density at radius 1 is 0.253 bits per heavy atom. The lowest BCUT2D eigenvalue weighted by Gasteiger charge is -2.38. The average molecular weight is 1010 g/mol. The molecule has 3 aliphatic carbocycles. The first-order chi connectivity index (χ1) is 38.5. The highest BCUT2D eigenvalue weighted by molar-refractivity contribution is 6.24. The molecule has 0 bridgehead atoms. The van der Waals surface area contributed by atoms with E-state index in [4.69, 9.17) is 0 Å². The zero-order valence-corrected chi connectivity index (χ0v) is 45.6. The fourth-order valence-electron chi connectivity index (χ4n) is 14.6. The van der Waals surface area contributed by atoms with Crippen LogP contribution >= 0.6 is 0 Å². The molecule has 378 valence electrons. The first kappa shape index (κ1) is 47.0. The van der Waals surface area contributed by atoms with Gasteiger partial charge in [-0.3, -0.25) is 0 Å². The molecule has 2 heteroatoms. The lowest BCUT2D eigenvalue weighted by molar-refractivity contribution is 0.645. The molecule has 15 rings (SSSR count). The molecule has 12 aromatic rings. The van der Waals surface area contributed by atoms with E-state index in [1.165, 1.54) is 122 Å². The van der Waals surface area contributed by atoms with E-state index in [1.54, 1.807) is 0 Å². The standard InChI is InChI=1S/C77H60N2/c1-75(2)65-39-22-34-57-62-47-52(79(67-40-21-18-31-54(67)49-25-10-7-11-26-49)69-42-24-36-60-56-33-17-20-38-64(56)77(5,6)74(60)69)43-45-58(62)70(50-27-12-8-13-28-50)72(71(57)65)61-46-44-53(48-66(61)75)78(51-29-14-9-15-30-51)68-41-23-35-59-55-32-16-19-37-63(55)76(3,4)73(59)68/h7-48H,1-6H3. The smallest absolute Gasteiger partial charge is 0.0540 e. The minimum atomic E-state index is -0.362. The fraction of sp³-hybridized carbons (Fsp3) is 0.117. The molecule has 0 atom stereocenters. The van der Waals surface area contributed by atoms with Crippen molar-refractivity contribution < 1.29 is 0 Å². The van der Waals surface area contributed by atoms with Crippen LogP contribution in [0, 0.1) is 0 Å². The Labute approximate surface area is 464 Å². The third-order valence-corrected chi connectivity index (χ3v) is 18.2. The molecule has 0 fully saturated rings. The van der Waals surface area contributed by atoms with E-state index in [0.717, 1.165) is 22.7 Å². The van der Waals surface area contributed by atoms with Crippen LogP contribution in [-0.4, -0.2) is 0 Å². The van der Waals surface area contributed by atoms with E-state index in [2.05, 4.69) is 306 Å². The van der Waals surface area contributed by atoms with E-state index < -0.39 is 0 Å². The highest BCUT2D eigenvalue weighted by atomic mass is 15.2. The molecule has 0 saturated carbocycles. The highest BCUT2D eigenvalue weighted by Crippen LogP contribution is 2.60. The Bertz CT molecular complexity index is 4450. The van der Waals surface area contributed by atoms with E-state index >= 15 is 0 Å². The first-order valence-electron chi connectivity index (χ1n) is 28.0. The molecule has 0 aliphatic heterocycles. The predicted octanol–water partition coefficient (Wildman–Crippen LogP) is 21.2. The average Bonchev–Trinajstić information content (AvgIpc) is 4.05. The molecular weight excluding hydrogens is 953 g/mol. The molecule has 79 heavy (non-hydrogen) atoms. The fourth-order valence-corrected chi connectivity index (χ4v) is 14.6. The molecule has 0 N–H and O–H groups in total. The molecule has 0 heterocycles. The summed E-state index contributed by atoms with van der Waals surface area (Å²) in [5.41, 5.74) is 26.9. The van der Waals surface area contributed by atoms with Gasteiger partial charge in [0.2, 0.25) is 0 Å². The van der Waals surface area contributed by atoms with Gasteiger partial charge in [0.15, 0.2) is 0 Å². The third kappa shape index (κ3) is 6.83. The number of hydrogen-bond acceptors (Lipinski definition) is 2. The second-order valence-corrected chi connectivity index (χ2v) is 23.6. The molecule has 0 aromatic heterocycles. The summed E-state index contributed by atoms with van der Waals surface area (Å²) in [6, 6.07) is 95.6. The number of rotatable bonds is 8. The minimum Gasteiger partial charge on any atom is -0.310 e. The Morgan fingerprint density at radius 2 is 0.734 bits per heavy atom. The van der Waals surface area contributed by atoms with Gasteiger partial charge in [0.05, 0.1) is 17.1 Å². The van der Waals surface area contributed by atoms with E-state index in [9.17, 15) is 0 Å². The van der Waals surface area contributed by atoms with Crippen molar-refractivity contribution in [1.82, 2.24) is 0 Å². The van der Waals surface area contributed by atoms with Crippen LogP contribution in [0.2, 0.25) is 0 Å². The van der Waals surface area contributed by atoms with Crippen LogP contribution in [0.4, 0.5) is 34.1 Å². The summed E-state index contributed by atoms with van der Waals surface area (Å²) in [5, 5.41) is 5.06. The summed E-state index contributed by atoms with van der Waals surface area (Å²) in [6.07, 6.45) is 0. The SMILES string of the molecule is CC1(C)c2ccccc2-c2cccc(N(c3ccccc3)c3ccc4c(c3)C(C)(C)c3cccc5c3c-4c(-c3ccccc3)c3ccc(N(c4ccccc4-c4ccccc4)c4cccc6c4C(C)(C)c4ccccc4-6)cc35)c21. The van der Waals surface area contributed by atoms with Gasteiger partial charge in [-0.05, 0) is 160 Å². The lowest BCUT2D eigenvalue weighted by Crippen LogP contribution is -2.25. The van der Waals surface area contributed by atoms with Crippen molar-refractivity contribution >= 4 is 55.7 Å². The van der Waals surface area contributed by atoms with E-state index in [-0.39, 0.29) is 16.2 Å². The molecule has 2 nitrogen and oxygen atoms in total. The number of benzene rings is 12. The van der Waals surface area contributed by atoms with Gasteiger partial charge >= 0.3 is 0 Å². The molecule has 3 aliphatic rings. The van der Waals surface area contributed by atoms with Crippen molar-refractivity contribution in [3.05, 3.63) is 288 Å². The summed E-state index contributed by atoms with van der Waals surface area (Å²) in [6.45, 7) is 14.5. The van der Waals surface area contributed by atoms with E-state index in [1.807, 2.05) is 0 Å². The summed E-state index contributed by atoms with van der Waals surface area (Å²) in [5.74, 6) is 0. The van der Waals surface area contributed by atoms with Crippen molar-refractivity contribution in [2.24, 2.45) is 0 Å². The van der Waals surface area contributed by atoms with Crippen LogP contribution in [-0.2, 0) is 16.2 Å². The predicted molar refractivity (Wildman–Crippen MR) is 334 cm³/mol. The topological polar surface area (TPSA) is 6.48 Å². The maximum atomic E-state index is 2.56. The Kier molecular flexibility index (Phi) is 10.3. The largest absolute Gasteiger partial charge is 0.310 e. The molecule has 0 spiro atoms. The highest BCUT2D eigenvalue weighted by Gasteiger charge is 2.42. The van der Waals surface area contributed by atoms with Crippen LogP contribution < -0.4 is 9.80 Å². The second kappa shape index (κ2) is 17.4. The molecule has 0 saturated heterocycles. The zero-order valence-electron chi connectivity index (χ0n) is 45.6. The second-order valence-electron chi connectivity index (χ2n) is 23.6. The van der Waals surface area contributed by atoms with E-state index in [0.29, 0.717) is 0 Å². The minimum absolute atomic E-state index is 0.199. The Hall–Kier alpha value is -9.24. The van der Waals surface area contributed by atoms with Gasteiger partial charge in [-0.1, -0.05) is 242 Å². The molecule has 0 unspecified atom stereocenters. The number of para-hydroxylation sites is 2. The van der Waals surface area contributed by atoms with Gasteiger partial charge in [-0.25, -0.2) is 0 Å². The number of anilines is 6. The monoisotopic (exact) mass is 1010 g/mol. The molecule has 0 radical (unpaired) electrons. The number of hydrogen-bond donors (Lipinski definition) is 0. The van der Waals surface area contributed by atoms with Gasteiger partial charge in [0.25, 0.3) is 0 Å². The maximum Gasteiger partial charge on any atom is 0.0540 e. The van der Waals surface area contributed by atoms with Crippen molar-refractivity contribution in [2.45, 2.75) is 57.8 Å². The van der Waals surface area contributed by atoms with Crippen molar-refractivity contribution in [2.75, 3.05) is 9.80 Å². The van der Waals surface area contributed by atoms with Crippen molar-refractivity contribution in [3.63, 3.8) is 0 Å². The van der Waals surface area contributed by atoms with Crippen LogP contribution in [0.1, 0.15) is 74.9 Å². The summed E-state index contributed by atoms with van der Waals surface area (Å²) >= 11 is 0. The van der Waals surface area contributed by atoms with Crippen LogP contribution in [0.15, 0.2) is 255 Å². The maximum absolute atomic E-state index is 2.56. The zero-order chi connectivity index (χ0) is 53.4. The molecule has 0 amide bonds.